The number of rotatable bonds is 2. The van der Waals surface area contributed by atoms with Crippen LogP contribution >= 0.6 is 45.2 Å². The standard InChI is InChI=1S/C6H2I2N2O2/c7-5(11)3-1-2-4(6(8)12)10-9-3/h1-2H. The van der Waals surface area contributed by atoms with Gasteiger partial charge in [-0.25, -0.2) is 0 Å². The Morgan fingerprint density at radius 3 is 1.50 bits per heavy atom. The Morgan fingerprint density at radius 2 is 1.33 bits per heavy atom. The first-order valence-electron chi connectivity index (χ1n) is 2.84. The molecule has 0 bridgehead atoms. The van der Waals surface area contributed by atoms with Crippen molar-refractivity contribution in [1.29, 1.82) is 0 Å². The van der Waals surface area contributed by atoms with Crippen LogP contribution in [0.25, 0.3) is 0 Å². The topological polar surface area (TPSA) is 59.9 Å². The van der Waals surface area contributed by atoms with Crippen LogP contribution in [0.2, 0.25) is 0 Å². The van der Waals surface area contributed by atoms with Gasteiger partial charge < -0.3 is 0 Å². The van der Waals surface area contributed by atoms with Crippen molar-refractivity contribution < 1.29 is 9.59 Å². The van der Waals surface area contributed by atoms with Crippen molar-refractivity contribution in [3.05, 3.63) is 23.5 Å². The van der Waals surface area contributed by atoms with E-state index in [-0.39, 0.29) is 19.0 Å². The molecule has 6 heteroatoms. The predicted molar refractivity (Wildman–Crippen MR) is 58.7 cm³/mol. The average Bonchev–Trinajstić information content (AvgIpc) is 2.04. The Bertz CT molecular complexity index is 290. The fourth-order valence-electron chi connectivity index (χ4n) is 0.542. The third kappa shape index (κ3) is 2.44. The van der Waals surface area contributed by atoms with Crippen molar-refractivity contribution in [1.82, 2.24) is 10.2 Å². The molecule has 12 heavy (non-hydrogen) atoms. The SMILES string of the molecule is O=C(I)c1ccc(C(=O)I)nn1. The fraction of sp³-hybridized carbons (Fsp3) is 0. The molecule has 0 atom stereocenters. The van der Waals surface area contributed by atoms with Gasteiger partial charge in [0.25, 0.3) is 0 Å². The Kier molecular flexibility index (Phi) is 3.50. The van der Waals surface area contributed by atoms with E-state index in [2.05, 4.69) is 10.2 Å². The van der Waals surface area contributed by atoms with Crippen LogP contribution in [0.5, 0.6) is 0 Å². The highest BCUT2D eigenvalue weighted by Gasteiger charge is 2.06. The van der Waals surface area contributed by atoms with Gasteiger partial charge in [-0.15, -0.1) is 10.2 Å². The first-order chi connectivity index (χ1) is 5.61. The fourth-order valence-corrected chi connectivity index (χ4v) is 1.12. The number of nitrogens with zero attached hydrogens (tertiary/aromatic N) is 2. The van der Waals surface area contributed by atoms with Crippen LogP contribution in [-0.4, -0.2) is 17.8 Å². The van der Waals surface area contributed by atoms with Gasteiger partial charge >= 0.3 is 0 Å². The van der Waals surface area contributed by atoms with Crippen molar-refractivity contribution in [2.24, 2.45) is 0 Å². The molecule has 1 aromatic heterocycles. The minimum Gasteiger partial charge on any atom is -0.280 e. The molecule has 0 spiro atoms. The van der Waals surface area contributed by atoms with Gasteiger partial charge in [-0.05, 0) is 12.1 Å². The smallest absolute Gasteiger partial charge is 0.242 e. The molecule has 0 saturated heterocycles. The maximum Gasteiger partial charge on any atom is 0.242 e. The highest BCUT2D eigenvalue weighted by Crippen LogP contribution is 2.04. The van der Waals surface area contributed by atoms with E-state index in [1.54, 1.807) is 45.2 Å². The van der Waals surface area contributed by atoms with Crippen LogP contribution < -0.4 is 0 Å². The summed E-state index contributed by atoms with van der Waals surface area (Å²) in [6, 6.07) is 2.96. The van der Waals surface area contributed by atoms with Gasteiger partial charge in [0.1, 0.15) is 11.4 Å². The summed E-state index contributed by atoms with van der Waals surface area (Å²) < 4.78 is -0.375. The first-order valence-corrected chi connectivity index (χ1v) is 5.00. The largest absolute Gasteiger partial charge is 0.280 e. The molecule has 0 radical (unpaired) electrons. The number of hydrogen-bond donors (Lipinski definition) is 0. The second-order valence-electron chi connectivity index (χ2n) is 1.85. The molecule has 0 saturated carbocycles. The van der Waals surface area contributed by atoms with Gasteiger partial charge in [0, 0.05) is 45.2 Å². The number of halogens is 2. The predicted octanol–water partition coefficient (Wildman–Crippen LogP) is 1.63. The van der Waals surface area contributed by atoms with E-state index in [1.807, 2.05) is 0 Å². The highest BCUT2D eigenvalue weighted by atomic mass is 127. The minimum atomic E-state index is -0.187. The lowest BCUT2D eigenvalue weighted by Gasteiger charge is -1.92. The molecule has 0 N–H and O–H groups in total. The number of carbonyl (C=O) groups excluding carboxylic acids is 2. The van der Waals surface area contributed by atoms with Crippen LogP contribution in [0.4, 0.5) is 0 Å². The van der Waals surface area contributed by atoms with Gasteiger partial charge in [-0.1, -0.05) is 0 Å². The second-order valence-corrected chi connectivity index (χ2v) is 3.81. The second kappa shape index (κ2) is 4.21. The molecule has 0 aliphatic carbocycles. The number of hydrogen-bond acceptors (Lipinski definition) is 4. The summed E-state index contributed by atoms with van der Waals surface area (Å²) in [5.41, 5.74) is 0.522. The molecule has 0 fully saturated rings. The van der Waals surface area contributed by atoms with E-state index < -0.39 is 0 Å². The van der Waals surface area contributed by atoms with Crippen LogP contribution in [0.1, 0.15) is 21.0 Å². The molecule has 62 valence electrons. The monoisotopic (exact) mass is 388 g/mol. The van der Waals surface area contributed by atoms with Crippen LogP contribution in [-0.2, 0) is 0 Å². The van der Waals surface area contributed by atoms with Gasteiger partial charge in [-0.3, -0.25) is 9.59 Å². The summed E-state index contributed by atoms with van der Waals surface area (Å²) in [4.78, 5) is 21.4. The highest BCUT2D eigenvalue weighted by molar-refractivity contribution is 14.1. The number of carbonyl (C=O) groups is 2. The summed E-state index contributed by atoms with van der Waals surface area (Å²) in [6.45, 7) is 0. The molecule has 0 aliphatic rings. The normalized spacial score (nSPS) is 9.50. The molecule has 0 unspecified atom stereocenters. The van der Waals surface area contributed by atoms with Crippen molar-refractivity contribution >= 4 is 52.8 Å². The van der Waals surface area contributed by atoms with Crippen LogP contribution in [0.3, 0.4) is 0 Å². The first kappa shape index (κ1) is 9.96. The molecule has 1 aromatic rings. The molecular weight excluding hydrogens is 386 g/mol. The quantitative estimate of drug-likeness (QED) is 0.571. The zero-order valence-electron chi connectivity index (χ0n) is 5.62. The Balaban J connectivity index is 3.01. The zero-order chi connectivity index (χ0) is 9.14. The maximum atomic E-state index is 10.7. The average molecular weight is 388 g/mol. The van der Waals surface area contributed by atoms with Gasteiger partial charge in [0.05, 0.1) is 0 Å². The van der Waals surface area contributed by atoms with Gasteiger partial charge in [-0.2, -0.15) is 0 Å². The molecule has 0 amide bonds. The molecule has 1 rings (SSSR count). The van der Waals surface area contributed by atoms with Gasteiger partial charge in [0.2, 0.25) is 7.58 Å². The van der Waals surface area contributed by atoms with E-state index >= 15 is 0 Å². The summed E-state index contributed by atoms with van der Waals surface area (Å²) in [6.07, 6.45) is 0. The number of aromatic nitrogens is 2. The third-order valence-electron chi connectivity index (χ3n) is 1.07. The van der Waals surface area contributed by atoms with E-state index in [0.29, 0.717) is 0 Å². The molecule has 1 heterocycles. The lowest BCUT2D eigenvalue weighted by atomic mass is 10.3. The van der Waals surface area contributed by atoms with Crippen LogP contribution in [0, 0.1) is 0 Å². The van der Waals surface area contributed by atoms with Crippen molar-refractivity contribution in [3.8, 4) is 0 Å². The van der Waals surface area contributed by atoms with E-state index in [4.69, 9.17) is 0 Å². The van der Waals surface area contributed by atoms with E-state index in [0.717, 1.165) is 0 Å². The summed E-state index contributed by atoms with van der Waals surface area (Å²) in [5, 5.41) is 7.13. The molecular formula is C6H2I2N2O2. The molecule has 0 aromatic carbocycles. The molecule has 0 aliphatic heterocycles. The van der Waals surface area contributed by atoms with Crippen molar-refractivity contribution in [2.45, 2.75) is 0 Å². The van der Waals surface area contributed by atoms with E-state index in [1.165, 1.54) is 12.1 Å². The van der Waals surface area contributed by atoms with Crippen molar-refractivity contribution in [2.75, 3.05) is 0 Å². The van der Waals surface area contributed by atoms with Crippen LogP contribution in [0.15, 0.2) is 12.1 Å². The third-order valence-corrected chi connectivity index (χ3v) is 2.17. The van der Waals surface area contributed by atoms with Gasteiger partial charge in [0.15, 0.2) is 0 Å². The minimum absolute atomic E-state index is 0.187. The lowest BCUT2D eigenvalue weighted by Crippen LogP contribution is -2.00. The Labute approximate surface area is 95.4 Å². The zero-order valence-corrected chi connectivity index (χ0v) is 9.94. The summed E-state index contributed by atoms with van der Waals surface area (Å²) >= 11 is 3.22. The Hall–Kier alpha value is -0.120. The lowest BCUT2D eigenvalue weighted by molar-refractivity contribution is 0.108. The summed E-state index contributed by atoms with van der Waals surface area (Å²) in [5.74, 6) is 0. The summed E-state index contributed by atoms with van der Waals surface area (Å²) in [7, 11) is 0. The maximum absolute atomic E-state index is 10.7. The molecule has 4 nitrogen and oxygen atoms in total. The van der Waals surface area contributed by atoms with Crippen molar-refractivity contribution in [3.63, 3.8) is 0 Å². The van der Waals surface area contributed by atoms with E-state index in [9.17, 15) is 9.59 Å². The Morgan fingerprint density at radius 1 is 1.00 bits per heavy atom.